The molecule has 0 spiro atoms. The van der Waals surface area contributed by atoms with Gasteiger partial charge in [0.25, 0.3) is 0 Å². The van der Waals surface area contributed by atoms with E-state index in [1.807, 2.05) is 24.3 Å². The van der Waals surface area contributed by atoms with Crippen molar-refractivity contribution < 1.29 is 19.1 Å². The molecule has 0 unspecified atom stereocenters. The molecule has 0 aliphatic rings. The van der Waals surface area contributed by atoms with Gasteiger partial charge in [-0.1, -0.05) is 61.3 Å². The molecule has 0 aliphatic carbocycles. The molecule has 0 saturated heterocycles. The van der Waals surface area contributed by atoms with Crippen LogP contribution in [0.2, 0.25) is 10.0 Å². The fraction of sp³-hybridized carbons (Fsp3) is 0.103. The highest BCUT2D eigenvalue weighted by Gasteiger charge is 2.24. The Morgan fingerprint density at radius 3 is 1.30 bits per heavy atom. The zero-order valence-electron chi connectivity index (χ0n) is 20.1. The van der Waals surface area contributed by atoms with Crippen molar-refractivity contribution in [1.82, 2.24) is 0 Å². The molecule has 0 aliphatic heterocycles. The van der Waals surface area contributed by atoms with Gasteiger partial charge in [-0.15, -0.1) is 0 Å². The number of rotatable bonds is 6. The summed E-state index contributed by atoms with van der Waals surface area (Å²) >= 11 is 11.8. The first-order chi connectivity index (χ1) is 17.5. The lowest BCUT2D eigenvalue weighted by Gasteiger charge is -2.26. The number of carbonyl (C=O) groups excluding carboxylic acids is 2. The Hall–Kier alpha value is -4.00. The standard InChI is InChI=1S/C29H24Cl2N2O4/c1-29(2,19-5-9-21(10-6-19)36-27(34)17-3-13-23(30)25(32)15-17)20-7-11-22(12-8-20)37-28(35)18-4-14-24(31)26(33)16-18/h3-16H,32-33H2,1-2H3. The van der Waals surface area contributed by atoms with Crippen molar-refractivity contribution in [3.05, 3.63) is 117 Å². The van der Waals surface area contributed by atoms with Crippen molar-refractivity contribution in [2.75, 3.05) is 11.5 Å². The van der Waals surface area contributed by atoms with Gasteiger partial charge in [0.05, 0.1) is 32.5 Å². The quantitative estimate of drug-likeness (QED) is 0.158. The van der Waals surface area contributed by atoms with E-state index in [0.717, 1.165) is 11.1 Å². The van der Waals surface area contributed by atoms with E-state index < -0.39 is 11.9 Å². The lowest BCUT2D eigenvalue weighted by Crippen LogP contribution is -2.19. The maximum atomic E-state index is 12.4. The number of ether oxygens (including phenoxy) is 2. The Morgan fingerprint density at radius 1 is 0.622 bits per heavy atom. The molecule has 4 rings (SSSR count). The monoisotopic (exact) mass is 534 g/mol. The number of nitrogen functional groups attached to an aromatic ring is 2. The number of nitrogens with two attached hydrogens (primary N) is 2. The second-order valence-corrected chi connectivity index (χ2v) is 9.74. The fourth-order valence-corrected chi connectivity index (χ4v) is 3.95. The number of halogens is 2. The van der Waals surface area contributed by atoms with E-state index >= 15 is 0 Å². The van der Waals surface area contributed by atoms with E-state index in [0.29, 0.717) is 44.0 Å². The van der Waals surface area contributed by atoms with Crippen LogP contribution in [0.25, 0.3) is 0 Å². The number of hydrogen-bond donors (Lipinski definition) is 2. The summed E-state index contributed by atoms with van der Waals surface area (Å²) in [7, 11) is 0. The lowest BCUT2D eigenvalue weighted by atomic mass is 9.78. The SMILES string of the molecule is CC(C)(c1ccc(OC(=O)c2ccc(Cl)c(N)c2)cc1)c1ccc(OC(=O)c2ccc(Cl)c(N)c2)cc1. The van der Waals surface area contributed by atoms with E-state index in [2.05, 4.69) is 13.8 Å². The van der Waals surface area contributed by atoms with Crippen molar-refractivity contribution in [3.8, 4) is 11.5 Å². The molecule has 6 nitrogen and oxygen atoms in total. The number of carbonyl (C=O) groups is 2. The first-order valence-corrected chi connectivity index (χ1v) is 12.1. The molecule has 4 aromatic carbocycles. The number of hydrogen-bond acceptors (Lipinski definition) is 6. The minimum absolute atomic E-state index is 0.309. The molecule has 0 atom stereocenters. The minimum Gasteiger partial charge on any atom is -0.423 e. The smallest absolute Gasteiger partial charge is 0.343 e. The third-order valence-corrected chi connectivity index (χ3v) is 6.72. The van der Waals surface area contributed by atoms with Crippen LogP contribution in [0.3, 0.4) is 0 Å². The number of esters is 2. The Balaban J connectivity index is 1.43. The molecule has 4 N–H and O–H groups in total. The van der Waals surface area contributed by atoms with Gasteiger partial charge in [0.15, 0.2) is 0 Å². The molecule has 0 aromatic heterocycles. The molecule has 37 heavy (non-hydrogen) atoms. The molecule has 0 saturated carbocycles. The Labute approximate surface area is 224 Å². The molecule has 0 heterocycles. The van der Waals surface area contributed by atoms with Crippen molar-refractivity contribution in [3.63, 3.8) is 0 Å². The maximum absolute atomic E-state index is 12.4. The van der Waals surface area contributed by atoms with Crippen LogP contribution in [0.4, 0.5) is 11.4 Å². The first-order valence-electron chi connectivity index (χ1n) is 11.3. The van der Waals surface area contributed by atoms with Crippen LogP contribution < -0.4 is 20.9 Å². The molecule has 0 fully saturated rings. The van der Waals surface area contributed by atoms with Gasteiger partial charge in [-0.2, -0.15) is 0 Å². The van der Waals surface area contributed by atoms with Crippen LogP contribution in [-0.2, 0) is 5.41 Å². The van der Waals surface area contributed by atoms with E-state index in [1.54, 1.807) is 48.5 Å². The predicted octanol–water partition coefficient (Wildman–Crippen LogP) is 6.92. The summed E-state index contributed by atoms with van der Waals surface area (Å²) in [5.41, 5.74) is 14.4. The van der Waals surface area contributed by atoms with Gasteiger partial charge < -0.3 is 20.9 Å². The van der Waals surface area contributed by atoms with Gasteiger partial charge in [0, 0.05) is 5.41 Å². The van der Waals surface area contributed by atoms with Crippen molar-refractivity contribution in [2.24, 2.45) is 0 Å². The van der Waals surface area contributed by atoms with Crippen molar-refractivity contribution >= 4 is 46.5 Å². The Morgan fingerprint density at radius 2 is 0.973 bits per heavy atom. The first kappa shape index (κ1) is 26.1. The maximum Gasteiger partial charge on any atom is 0.343 e. The molecule has 188 valence electrons. The van der Waals surface area contributed by atoms with E-state index in [1.165, 1.54) is 12.1 Å². The van der Waals surface area contributed by atoms with Gasteiger partial charge in [0.2, 0.25) is 0 Å². The number of benzene rings is 4. The van der Waals surface area contributed by atoms with Crippen LogP contribution in [0.5, 0.6) is 11.5 Å². The largest absolute Gasteiger partial charge is 0.423 e. The van der Waals surface area contributed by atoms with Gasteiger partial charge in [-0.05, 0) is 71.8 Å². The zero-order chi connectivity index (χ0) is 26.7. The van der Waals surface area contributed by atoms with Crippen LogP contribution in [-0.4, -0.2) is 11.9 Å². The Kier molecular flexibility index (Phi) is 7.43. The third kappa shape index (κ3) is 5.88. The van der Waals surface area contributed by atoms with Crippen LogP contribution in [0.1, 0.15) is 45.7 Å². The highest BCUT2D eigenvalue weighted by molar-refractivity contribution is 6.33. The number of anilines is 2. The predicted molar refractivity (Wildman–Crippen MR) is 147 cm³/mol. The highest BCUT2D eigenvalue weighted by Crippen LogP contribution is 2.34. The molecular weight excluding hydrogens is 511 g/mol. The summed E-state index contributed by atoms with van der Waals surface area (Å²) in [6.07, 6.45) is 0. The van der Waals surface area contributed by atoms with Crippen LogP contribution in [0.15, 0.2) is 84.9 Å². The van der Waals surface area contributed by atoms with Gasteiger partial charge >= 0.3 is 11.9 Å². The molecular formula is C29H24Cl2N2O4. The summed E-state index contributed by atoms with van der Waals surface area (Å²) < 4.78 is 10.9. The second kappa shape index (κ2) is 10.5. The summed E-state index contributed by atoms with van der Waals surface area (Å²) in [5.74, 6) is -0.241. The van der Waals surface area contributed by atoms with Gasteiger partial charge in [-0.25, -0.2) is 9.59 Å². The zero-order valence-corrected chi connectivity index (χ0v) is 21.6. The molecule has 4 aromatic rings. The molecule has 8 heteroatoms. The summed E-state index contributed by atoms with van der Waals surface area (Å²) in [4.78, 5) is 24.9. The average Bonchev–Trinajstić information content (AvgIpc) is 2.88. The van der Waals surface area contributed by atoms with Crippen LogP contribution in [0, 0.1) is 0 Å². The Bertz CT molecular complexity index is 1360. The molecule has 0 amide bonds. The highest BCUT2D eigenvalue weighted by atomic mass is 35.5. The topological polar surface area (TPSA) is 105 Å². The lowest BCUT2D eigenvalue weighted by molar-refractivity contribution is 0.0725. The van der Waals surface area contributed by atoms with E-state index in [9.17, 15) is 9.59 Å². The van der Waals surface area contributed by atoms with E-state index in [-0.39, 0.29) is 5.41 Å². The third-order valence-electron chi connectivity index (χ3n) is 6.04. The summed E-state index contributed by atoms with van der Waals surface area (Å²) in [5, 5.41) is 0.752. The second-order valence-electron chi connectivity index (χ2n) is 8.93. The van der Waals surface area contributed by atoms with Gasteiger partial charge in [-0.3, -0.25) is 0 Å². The van der Waals surface area contributed by atoms with E-state index in [4.69, 9.17) is 44.1 Å². The molecule has 0 bridgehead atoms. The average molecular weight is 535 g/mol. The summed E-state index contributed by atoms with van der Waals surface area (Å²) in [6.45, 7) is 4.14. The normalized spacial score (nSPS) is 11.1. The summed E-state index contributed by atoms with van der Waals surface area (Å²) in [6, 6.07) is 23.7. The van der Waals surface area contributed by atoms with Crippen molar-refractivity contribution in [1.29, 1.82) is 0 Å². The van der Waals surface area contributed by atoms with Gasteiger partial charge in [0.1, 0.15) is 11.5 Å². The molecule has 0 radical (unpaired) electrons. The fourth-order valence-electron chi connectivity index (χ4n) is 3.72. The minimum atomic E-state index is -0.526. The van der Waals surface area contributed by atoms with Crippen LogP contribution >= 0.6 is 23.2 Å². The van der Waals surface area contributed by atoms with Crippen molar-refractivity contribution in [2.45, 2.75) is 19.3 Å².